The van der Waals surface area contributed by atoms with Crippen molar-refractivity contribution in [2.75, 3.05) is 13.1 Å². The molecule has 1 amide bonds. The van der Waals surface area contributed by atoms with Crippen molar-refractivity contribution >= 4 is 18.3 Å². The topological polar surface area (TPSA) is 41.1 Å². The second-order valence-electron chi connectivity index (χ2n) is 5.33. The molecule has 7 heteroatoms. The summed E-state index contributed by atoms with van der Waals surface area (Å²) in [6.45, 7) is 1.81. The van der Waals surface area contributed by atoms with Gasteiger partial charge in [0.25, 0.3) is 0 Å². The minimum Gasteiger partial charge on any atom is -0.352 e. The number of halogens is 4. The summed E-state index contributed by atoms with van der Waals surface area (Å²) in [6.07, 6.45) is -2.19. The van der Waals surface area contributed by atoms with Crippen LogP contribution in [0.4, 0.5) is 13.2 Å². The van der Waals surface area contributed by atoms with Crippen LogP contribution in [0.2, 0.25) is 0 Å². The van der Waals surface area contributed by atoms with Crippen molar-refractivity contribution in [2.45, 2.75) is 32.0 Å². The number of amides is 1. The SMILES string of the molecule is Cl.O=C(CCC1CCNC1)NCc1ccccc1C(F)(F)F. The maximum Gasteiger partial charge on any atom is 0.416 e. The van der Waals surface area contributed by atoms with Crippen LogP contribution in [0.3, 0.4) is 0 Å². The van der Waals surface area contributed by atoms with Crippen LogP contribution in [0.15, 0.2) is 24.3 Å². The molecule has 0 aliphatic carbocycles. The zero-order chi connectivity index (χ0) is 15.3. The molecule has 1 aromatic rings. The molecular weight excluding hydrogens is 317 g/mol. The Kier molecular flexibility index (Phi) is 7.16. The fourth-order valence-electron chi connectivity index (χ4n) is 2.53. The first kappa shape index (κ1) is 18.8. The fourth-order valence-corrected chi connectivity index (χ4v) is 2.53. The van der Waals surface area contributed by atoms with E-state index in [0.29, 0.717) is 12.3 Å². The summed E-state index contributed by atoms with van der Waals surface area (Å²) in [6, 6.07) is 5.32. The predicted octanol–water partition coefficient (Wildman–Crippen LogP) is 3.13. The van der Waals surface area contributed by atoms with Gasteiger partial charge in [0.15, 0.2) is 0 Å². The van der Waals surface area contributed by atoms with E-state index >= 15 is 0 Å². The smallest absolute Gasteiger partial charge is 0.352 e. The van der Waals surface area contributed by atoms with Crippen molar-refractivity contribution in [1.82, 2.24) is 10.6 Å². The van der Waals surface area contributed by atoms with Crippen molar-refractivity contribution in [1.29, 1.82) is 0 Å². The highest BCUT2D eigenvalue weighted by Gasteiger charge is 2.32. The van der Waals surface area contributed by atoms with Crippen molar-refractivity contribution in [2.24, 2.45) is 5.92 Å². The third-order valence-corrected chi connectivity index (χ3v) is 3.74. The maximum absolute atomic E-state index is 12.8. The first-order valence-electron chi connectivity index (χ1n) is 7.09. The Hall–Kier alpha value is -1.27. The lowest BCUT2D eigenvalue weighted by atomic mass is 10.0. The largest absolute Gasteiger partial charge is 0.416 e. The van der Waals surface area contributed by atoms with Gasteiger partial charge in [-0.15, -0.1) is 12.4 Å². The van der Waals surface area contributed by atoms with Gasteiger partial charge < -0.3 is 10.6 Å². The van der Waals surface area contributed by atoms with Crippen LogP contribution < -0.4 is 10.6 Å². The highest BCUT2D eigenvalue weighted by molar-refractivity contribution is 5.85. The number of benzene rings is 1. The van der Waals surface area contributed by atoms with Gasteiger partial charge in [-0.05, 0) is 43.5 Å². The van der Waals surface area contributed by atoms with E-state index in [1.54, 1.807) is 6.07 Å². The molecular formula is C15H20ClF3N2O. The molecule has 1 fully saturated rings. The quantitative estimate of drug-likeness (QED) is 0.867. The average molecular weight is 337 g/mol. The van der Waals surface area contributed by atoms with E-state index in [-0.39, 0.29) is 30.4 Å². The van der Waals surface area contributed by atoms with Crippen LogP contribution >= 0.6 is 12.4 Å². The van der Waals surface area contributed by atoms with Gasteiger partial charge in [0.2, 0.25) is 5.91 Å². The van der Waals surface area contributed by atoms with Gasteiger partial charge in [0.1, 0.15) is 0 Å². The Morgan fingerprint density at radius 1 is 1.32 bits per heavy atom. The minimum atomic E-state index is -4.39. The average Bonchev–Trinajstić information content (AvgIpc) is 2.95. The minimum absolute atomic E-state index is 0. The van der Waals surface area contributed by atoms with Gasteiger partial charge in [-0.25, -0.2) is 0 Å². The van der Waals surface area contributed by atoms with Crippen molar-refractivity contribution in [3.63, 3.8) is 0 Å². The number of carbonyl (C=O) groups excluding carboxylic acids is 1. The van der Waals surface area contributed by atoms with E-state index in [1.807, 2.05) is 0 Å². The van der Waals surface area contributed by atoms with Gasteiger partial charge >= 0.3 is 6.18 Å². The Morgan fingerprint density at radius 3 is 2.68 bits per heavy atom. The lowest BCUT2D eigenvalue weighted by Crippen LogP contribution is -2.25. The van der Waals surface area contributed by atoms with E-state index in [1.165, 1.54) is 12.1 Å². The summed E-state index contributed by atoms with van der Waals surface area (Å²) >= 11 is 0. The molecule has 22 heavy (non-hydrogen) atoms. The number of hydrogen-bond donors (Lipinski definition) is 2. The number of carbonyl (C=O) groups is 1. The summed E-state index contributed by atoms with van der Waals surface area (Å²) < 4.78 is 38.4. The molecule has 1 saturated heterocycles. The molecule has 2 rings (SSSR count). The molecule has 1 aliphatic rings. The molecule has 1 heterocycles. The number of rotatable bonds is 5. The molecule has 1 aliphatic heterocycles. The molecule has 124 valence electrons. The van der Waals surface area contributed by atoms with Crippen LogP contribution in [-0.2, 0) is 17.5 Å². The fraction of sp³-hybridized carbons (Fsp3) is 0.533. The van der Waals surface area contributed by atoms with Crippen molar-refractivity contribution in [3.8, 4) is 0 Å². The van der Waals surface area contributed by atoms with Gasteiger partial charge in [-0.3, -0.25) is 4.79 Å². The Bertz CT molecular complexity index is 488. The van der Waals surface area contributed by atoms with Crippen molar-refractivity contribution < 1.29 is 18.0 Å². The molecule has 0 spiro atoms. The standard InChI is InChI=1S/C15H19F3N2O.ClH/c16-15(17,18)13-4-2-1-3-12(13)10-20-14(21)6-5-11-7-8-19-9-11;/h1-4,11,19H,5-10H2,(H,20,21);1H. The van der Waals surface area contributed by atoms with Crippen LogP contribution in [-0.4, -0.2) is 19.0 Å². The number of nitrogens with one attached hydrogen (secondary N) is 2. The lowest BCUT2D eigenvalue weighted by molar-refractivity contribution is -0.138. The summed E-state index contributed by atoms with van der Waals surface area (Å²) in [5.74, 6) is 0.303. The zero-order valence-corrected chi connectivity index (χ0v) is 12.9. The first-order chi connectivity index (χ1) is 9.97. The highest BCUT2D eigenvalue weighted by Crippen LogP contribution is 2.31. The zero-order valence-electron chi connectivity index (χ0n) is 12.1. The van der Waals surface area contributed by atoms with Crippen LogP contribution in [0.25, 0.3) is 0 Å². The summed E-state index contributed by atoms with van der Waals surface area (Å²) in [4.78, 5) is 11.7. The molecule has 0 saturated carbocycles. The molecule has 2 N–H and O–H groups in total. The van der Waals surface area contributed by atoms with E-state index < -0.39 is 11.7 Å². The lowest BCUT2D eigenvalue weighted by Gasteiger charge is -2.13. The second kappa shape index (κ2) is 8.39. The Labute approximate surface area is 134 Å². The number of hydrogen-bond acceptors (Lipinski definition) is 2. The third-order valence-electron chi connectivity index (χ3n) is 3.74. The summed E-state index contributed by atoms with van der Waals surface area (Å²) in [7, 11) is 0. The molecule has 3 nitrogen and oxygen atoms in total. The van der Waals surface area contributed by atoms with E-state index in [0.717, 1.165) is 32.0 Å². The van der Waals surface area contributed by atoms with Gasteiger partial charge in [0, 0.05) is 13.0 Å². The van der Waals surface area contributed by atoms with E-state index in [4.69, 9.17) is 0 Å². The summed E-state index contributed by atoms with van der Waals surface area (Å²) in [5.41, 5.74) is -0.592. The molecule has 0 aromatic heterocycles. The molecule has 1 unspecified atom stereocenters. The predicted molar refractivity (Wildman–Crippen MR) is 80.7 cm³/mol. The number of alkyl halides is 3. The van der Waals surface area contributed by atoms with E-state index in [2.05, 4.69) is 10.6 Å². The molecule has 0 bridgehead atoms. The van der Waals surface area contributed by atoms with Crippen LogP contribution in [0.1, 0.15) is 30.4 Å². The van der Waals surface area contributed by atoms with Gasteiger partial charge in [0.05, 0.1) is 5.56 Å². The van der Waals surface area contributed by atoms with Gasteiger partial charge in [-0.1, -0.05) is 18.2 Å². The molecule has 1 aromatic carbocycles. The normalized spacial score (nSPS) is 17.9. The maximum atomic E-state index is 12.8. The molecule has 1 atom stereocenters. The highest BCUT2D eigenvalue weighted by atomic mass is 35.5. The Morgan fingerprint density at radius 2 is 2.05 bits per heavy atom. The molecule has 0 radical (unpaired) electrons. The van der Waals surface area contributed by atoms with Gasteiger partial charge in [-0.2, -0.15) is 13.2 Å². The summed E-state index contributed by atoms with van der Waals surface area (Å²) in [5, 5.41) is 5.80. The first-order valence-corrected chi connectivity index (χ1v) is 7.09. The monoisotopic (exact) mass is 336 g/mol. The third kappa shape index (κ3) is 5.50. The van der Waals surface area contributed by atoms with Crippen LogP contribution in [0, 0.1) is 5.92 Å². The second-order valence-corrected chi connectivity index (χ2v) is 5.33. The Balaban J connectivity index is 0.00000242. The van der Waals surface area contributed by atoms with E-state index in [9.17, 15) is 18.0 Å². The van der Waals surface area contributed by atoms with Crippen molar-refractivity contribution in [3.05, 3.63) is 35.4 Å². The van der Waals surface area contributed by atoms with Crippen LogP contribution in [0.5, 0.6) is 0 Å².